The van der Waals surface area contributed by atoms with Gasteiger partial charge in [-0.05, 0) is 25.1 Å². The molecule has 0 saturated heterocycles. The molecule has 18 heavy (non-hydrogen) atoms. The summed E-state index contributed by atoms with van der Waals surface area (Å²) < 4.78 is 1.58. The third-order valence-corrected chi connectivity index (χ3v) is 3.26. The summed E-state index contributed by atoms with van der Waals surface area (Å²) in [5.41, 5.74) is -0.212. The van der Waals surface area contributed by atoms with Crippen molar-refractivity contribution in [3.63, 3.8) is 0 Å². The van der Waals surface area contributed by atoms with E-state index in [0.717, 1.165) is 6.42 Å². The van der Waals surface area contributed by atoms with Gasteiger partial charge in [-0.1, -0.05) is 18.5 Å². The summed E-state index contributed by atoms with van der Waals surface area (Å²) in [4.78, 5) is 19.7. The summed E-state index contributed by atoms with van der Waals surface area (Å²) in [5, 5.41) is 8.04. The van der Waals surface area contributed by atoms with E-state index in [-0.39, 0.29) is 5.69 Å². The summed E-state index contributed by atoms with van der Waals surface area (Å²) in [6, 6.07) is 1.65. The molecule has 0 fully saturated rings. The number of aromatic amines is 1. The van der Waals surface area contributed by atoms with Gasteiger partial charge in [-0.2, -0.15) is 0 Å². The van der Waals surface area contributed by atoms with Crippen LogP contribution < -0.4 is 5.69 Å². The molecule has 96 valence electrons. The number of hydrogen-bond acceptors (Lipinski definition) is 5. The zero-order valence-corrected chi connectivity index (χ0v) is 11.5. The maximum atomic E-state index is 11.5. The topological polar surface area (TPSA) is 76.5 Å². The maximum Gasteiger partial charge on any atom is 0.343 e. The van der Waals surface area contributed by atoms with E-state index in [1.54, 1.807) is 17.6 Å². The zero-order valence-electron chi connectivity index (χ0n) is 9.97. The number of nitrogens with one attached hydrogen (secondary N) is 1. The first-order chi connectivity index (χ1) is 8.60. The highest BCUT2D eigenvalue weighted by Gasteiger charge is 2.11. The Labute approximate surface area is 113 Å². The van der Waals surface area contributed by atoms with E-state index < -0.39 is 0 Å². The van der Waals surface area contributed by atoms with Gasteiger partial charge >= 0.3 is 5.69 Å². The van der Waals surface area contributed by atoms with Crippen LogP contribution in [0.25, 0.3) is 0 Å². The molecule has 2 rings (SSSR count). The first-order valence-corrected chi connectivity index (χ1v) is 6.64. The Morgan fingerprint density at radius 1 is 1.50 bits per heavy atom. The van der Waals surface area contributed by atoms with Gasteiger partial charge in [0.1, 0.15) is 16.0 Å². The van der Waals surface area contributed by atoms with Gasteiger partial charge in [0.2, 0.25) is 0 Å². The lowest BCUT2D eigenvalue weighted by molar-refractivity contribution is 0.603. The largest absolute Gasteiger partial charge is 0.343 e. The quantitative estimate of drug-likeness (QED) is 0.868. The van der Waals surface area contributed by atoms with Crippen LogP contribution in [-0.2, 0) is 6.54 Å². The van der Waals surface area contributed by atoms with Crippen LogP contribution in [0.3, 0.4) is 0 Å². The maximum absolute atomic E-state index is 11.5. The number of H-pyrrole nitrogens is 1. The van der Waals surface area contributed by atoms with Crippen molar-refractivity contribution >= 4 is 23.4 Å². The van der Waals surface area contributed by atoms with Crippen LogP contribution in [0.1, 0.15) is 19.2 Å². The molecule has 0 aliphatic heterocycles. The average Bonchev–Trinajstić information content (AvgIpc) is 2.60. The lowest BCUT2D eigenvalue weighted by atomic mass is 10.5. The van der Waals surface area contributed by atoms with Gasteiger partial charge in [-0.25, -0.2) is 19.9 Å². The first kappa shape index (κ1) is 13.1. The Bertz CT molecular complexity index is 588. The summed E-state index contributed by atoms with van der Waals surface area (Å²) >= 11 is 7.15. The molecule has 2 aromatic rings. The van der Waals surface area contributed by atoms with Crippen molar-refractivity contribution in [2.75, 3.05) is 0 Å². The van der Waals surface area contributed by atoms with Crippen molar-refractivity contribution in [1.29, 1.82) is 0 Å². The molecule has 6 nitrogen and oxygen atoms in total. The number of nitrogens with zero attached hydrogens (tertiary/aromatic N) is 4. The molecule has 0 atom stereocenters. The van der Waals surface area contributed by atoms with Crippen molar-refractivity contribution in [2.45, 2.75) is 37.0 Å². The summed E-state index contributed by atoms with van der Waals surface area (Å²) in [7, 11) is 0. The lowest BCUT2D eigenvalue weighted by Crippen LogP contribution is -2.17. The van der Waals surface area contributed by atoms with Gasteiger partial charge in [0, 0.05) is 12.6 Å². The Morgan fingerprint density at radius 2 is 2.28 bits per heavy atom. The van der Waals surface area contributed by atoms with Crippen LogP contribution >= 0.6 is 23.4 Å². The Balaban J connectivity index is 2.31. The Hall–Kier alpha value is -1.34. The predicted molar refractivity (Wildman–Crippen MR) is 69.0 cm³/mol. The second kappa shape index (κ2) is 5.53. The fourth-order valence-electron chi connectivity index (χ4n) is 1.45. The van der Waals surface area contributed by atoms with Gasteiger partial charge in [0.05, 0.1) is 0 Å². The van der Waals surface area contributed by atoms with Crippen LogP contribution in [0.2, 0.25) is 5.15 Å². The van der Waals surface area contributed by atoms with Crippen LogP contribution in [0.5, 0.6) is 0 Å². The van der Waals surface area contributed by atoms with Crippen molar-refractivity contribution in [2.24, 2.45) is 0 Å². The van der Waals surface area contributed by atoms with E-state index in [9.17, 15) is 4.79 Å². The minimum atomic E-state index is -0.212. The monoisotopic (exact) mass is 285 g/mol. The van der Waals surface area contributed by atoms with Crippen LogP contribution in [-0.4, -0.2) is 24.7 Å². The Kier molecular flexibility index (Phi) is 4.03. The molecule has 2 aromatic heterocycles. The number of halogens is 1. The van der Waals surface area contributed by atoms with E-state index in [2.05, 4.69) is 20.2 Å². The van der Waals surface area contributed by atoms with Gasteiger partial charge in [-0.15, -0.1) is 5.10 Å². The molecule has 0 aliphatic carbocycles. The standard InChI is InChI=1S/C10H12ClN5OS/c1-3-4-16-9(17)14-15-10(16)18-8-5-7(11)12-6(2)13-8/h5H,3-4H2,1-2H3,(H,14,17). The minimum Gasteiger partial charge on any atom is -0.270 e. The van der Waals surface area contributed by atoms with Crippen molar-refractivity contribution in [3.8, 4) is 0 Å². The molecule has 1 N–H and O–H groups in total. The minimum absolute atomic E-state index is 0.212. The third kappa shape index (κ3) is 2.91. The molecule has 0 saturated carbocycles. The van der Waals surface area contributed by atoms with Crippen molar-refractivity contribution in [1.82, 2.24) is 24.7 Å². The lowest BCUT2D eigenvalue weighted by Gasteiger charge is -2.03. The third-order valence-electron chi connectivity index (χ3n) is 2.15. The number of aromatic nitrogens is 5. The van der Waals surface area contributed by atoms with Gasteiger partial charge in [-0.3, -0.25) is 4.57 Å². The molecule has 0 bridgehead atoms. The van der Waals surface area contributed by atoms with Crippen molar-refractivity contribution in [3.05, 3.63) is 27.5 Å². The number of rotatable bonds is 4. The highest BCUT2D eigenvalue weighted by atomic mass is 35.5. The summed E-state index contributed by atoms with van der Waals surface area (Å²) in [5.74, 6) is 0.588. The van der Waals surface area contributed by atoms with Crippen LogP contribution in [0.15, 0.2) is 21.0 Å². The number of hydrogen-bond donors (Lipinski definition) is 1. The van der Waals surface area contributed by atoms with E-state index in [0.29, 0.717) is 27.7 Å². The van der Waals surface area contributed by atoms with Crippen molar-refractivity contribution < 1.29 is 0 Å². The fraction of sp³-hybridized carbons (Fsp3) is 0.400. The molecular formula is C10H12ClN5OS. The van der Waals surface area contributed by atoms with E-state index in [1.807, 2.05) is 6.92 Å². The molecule has 0 aliphatic rings. The molecular weight excluding hydrogens is 274 g/mol. The van der Waals surface area contributed by atoms with Crippen LogP contribution in [0, 0.1) is 6.92 Å². The van der Waals surface area contributed by atoms with Gasteiger partial charge in [0.15, 0.2) is 5.16 Å². The molecule has 0 aromatic carbocycles. The first-order valence-electron chi connectivity index (χ1n) is 5.44. The predicted octanol–water partition coefficient (Wildman–Crippen LogP) is 1.88. The van der Waals surface area contributed by atoms with E-state index in [1.165, 1.54) is 11.8 Å². The summed E-state index contributed by atoms with van der Waals surface area (Å²) in [6.07, 6.45) is 0.858. The average molecular weight is 286 g/mol. The second-order valence-corrected chi connectivity index (χ2v) is 5.02. The molecule has 8 heteroatoms. The normalized spacial score (nSPS) is 10.8. The van der Waals surface area contributed by atoms with Gasteiger partial charge in [0.25, 0.3) is 0 Å². The molecule has 0 unspecified atom stereocenters. The second-order valence-electron chi connectivity index (χ2n) is 3.64. The highest BCUT2D eigenvalue weighted by molar-refractivity contribution is 7.99. The fourth-order valence-corrected chi connectivity index (χ4v) is 2.65. The Morgan fingerprint density at radius 3 is 2.94 bits per heavy atom. The molecule has 0 radical (unpaired) electrons. The van der Waals surface area contributed by atoms with Crippen LogP contribution in [0.4, 0.5) is 0 Å². The molecule has 0 amide bonds. The van der Waals surface area contributed by atoms with E-state index >= 15 is 0 Å². The smallest absolute Gasteiger partial charge is 0.270 e. The highest BCUT2D eigenvalue weighted by Crippen LogP contribution is 2.24. The molecule has 0 spiro atoms. The zero-order chi connectivity index (χ0) is 13.1. The molecule has 2 heterocycles. The summed E-state index contributed by atoms with van der Waals surface area (Å²) in [6.45, 7) is 4.38. The number of aryl methyl sites for hydroxylation is 1. The van der Waals surface area contributed by atoms with E-state index in [4.69, 9.17) is 11.6 Å². The van der Waals surface area contributed by atoms with Gasteiger partial charge < -0.3 is 0 Å². The SMILES string of the molecule is CCCn1c(Sc2cc(Cl)nc(C)n2)n[nH]c1=O.